The SMILES string of the molecule is CC(C)(O)C#Cc1cc(-c2ccc(O)cc2)ccc1S(=O)(=O)c1ccccc1. The number of hydrogen-bond acceptors (Lipinski definition) is 4. The minimum Gasteiger partial charge on any atom is -0.508 e. The monoisotopic (exact) mass is 392 g/mol. The van der Waals surface area contributed by atoms with E-state index in [0.29, 0.717) is 5.56 Å². The highest BCUT2D eigenvalue weighted by atomic mass is 32.2. The predicted octanol–water partition coefficient (Wildman–Crippen LogP) is 4.01. The molecule has 0 aliphatic heterocycles. The molecule has 5 heteroatoms. The second kappa shape index (κ2) is 7.51. The summed E-state index contributed by atoms with van der Waals surface area (Å²) >= 11 is 0. The minimum atomic E-state index is -3.77. The first-order valence-electron chi connectivity index (χ1n) is 8.66. The van der Waals surface area contributed by atoms with E-state index >= 15 is 0 Å². The molecule has 0 spiro atoms. The average molecular weight is 392 g/mol. The fourth-order valence-electron chi connectivity index (χ4n) is 2.64. The van der Waals surface area contributed by atoms with Gasteiger partial charge in [0.1, 0.15) is 11.4 Å². The van der Waals surface area contributed by atoms with E-state index in [0.717, 1.165) is 11.1 Å². The van der Waals surface area contributed by atoms with Gasteiger partial charge >= 0.3 is 0 Å². The number of benzene rings is 3. The van der Waals surface area contributed by atoms with Crippen molar-refractivity contribution in [2.24, 2.45) is 0 Å². The van der Waals surface area contributed by atoms with Crippen molar-refractivity contribution in [3.63, 3.8) is 0 Å². The van der Waals surface area contributed by atoms with Crippen LogP contribution in [0, 0.1) is 11.8 Å². The Bertz CT molecular complexity index is 1150. The molecule has 4 nitrogen and oxygen atoms in total. The molecule has 0 bridgehead atoms. The molecule has 0 atom stereocenters. The maximum Gasteiger partial charge on any atom is 0.207 e. The molecule has 142 valence electrons. The molecule has 0 radical (unpaired) electrons. The van der Waals surface area contributed by atoms with Gasteiger partial charge in [-0.15, -0.1) is 0 Å². The lowest BCUT2D eigenvalue weighted by molar-refractivity contribution is 0.143. The van der Waals surface area contributed by atoms with Crippen LogP contribution in [0.15, 0.2) is 82.6 Å². The molecule has 0 unspecified atom stereocenters. The van der Waals surface area contributed by atoms with Crippen LogP contribution in [0.1, 0.15) is 19.4 Å². The van der Waals surface area contributed by atoms with Crippen molar-refractivity contribution in [3.05, 3.63) is 78.4 Å². The van der Waals surface area contributed by atoms with Crippen LogP contribution < -0.4 is 0 Å². The van der Waals surface area contributed by atoms with Crippen LogP contribution in [0.4, 0.5) is 0 Å². The van der Waals surface area contributed by atoms with Gasteiger partial charge in [0, 0.05) is 5.56 Å². The maximum absolute atomic E-state index is 13.1. The van der Waals surface area contributed by atoms with Gasteiger partial charge in [-0.25, -0.2) is 8.42 Å². The first-order valence-corrected chi connectivity index (χ1v) is 10.1. The van der Waals surface area contributed by atoms with Crippen molar-refractivity contribution in [2.45, 2.75) is 29.2 Å². The van der Waals surface area contributed by atoms with Gasteiger partial charge in [0.25, 0.3) is 0 Å². The van der Waals surface area contributed by atoms with Crippen molar-refractivity contribution >= 4 is 9.84 Å². The van der Waals surface area contributed by atoms with E-state index < -0.39 is 15.4 Å². The largest absolute Gasteiger partial charge is 0.508 e. The first kappa shape index (κ1) is 19.7. The van der Waals surface area contributed by atoms with Gasteiger partial charge in [0.15, 0.2) is 0 Å². The summed E-state index contributed by atoms with van der Waals surface area (Å²) in [4.78, 5) is 0.261. The summed E-state index contributed by atoms with van der Waals surface area (Å²) in [5, 5.41) is 19.4. The van der Waals surface area contributed by atoms with Crippen molar-refractivity contribution in [3.8, 4) is 28.7 Å². The first-order chi connectivity index (χ1) is 13.2. The Kier molecular flexibility index (Phi) is 5.28. The molecule has 3 aromatic carbocycles. The summed E-state index contributed by atoms with van der Waals surface area (Å²) in [6.07, 6.45) is 0. The zero-order valence-corrected chi connectivity index (χ0v) is 16.4. The van der Waals surface area contributed by atoms with Crippen LogP contribution >= 0.6 is 0 Å². The molecule has 0 saturated heterocycles. The highest BCUT2D eigenvalue weighted by Gasteiger charge is 2.21. The van der Waals surface area contributed by atoms with Gasteiger partial charge in [-0.3, -0.25) is 0 Å². The summed E-state index contributed by atoms with van der Waals surface area (Å²) in [5.41, 5.74) is 0.610. The number of rotatable bonds is 3. The van der Waals surface area contributed by atoms with E-state index in [9.17, 15) is 18.6 Å². The number of sulfone groups is 1. The molecule has 0 heterocycles. The van der Waals surface area contributed by atoms with E-state index in [1.165, 1.54) is 32.0 Å². The van der Waals surface area contributed by atoms with Crippen LogP contribution in [-0.2, 0) is 9.84 Å². The van der Waals surface area contributed by atoms with Gasteiger partial charge in [0.2, 0.25) is 9.84 Å². The fourth-order valence-corrected chi connectivity index (χ4v) is 4.06. The molecule has 0 fully saturated rings. The summed E-state index contributed by atoms with van der Waals surface area (Å²) in [6, 6.07) is 19.7. The van der Waals surface area contributed by atoms with Gasteiger partial charge in [0.05, 0.1) is 9.79 Å². The van der Waals surface area contributed by atoms with Crippen LogP contribution in [0.2, 0.25) is 0 Å². The van der Waals surface area contributed by atoms with Crippen LogP contribution in [0.5, 0.6) is 5.75 Å². The quantitative estimate of drug-likeness (QED) is 0.661. The van der Waals surface area contributed by atoms with E-state index in [4.69, 9.17) is 0 Å². The van der Waals surface area contributed by atoms with Crippen molar-refractivity contribution in [1.29, 1.82) is 0 Å². The molecular weight excluding hydrogens is 372 g/mol. The topological polar surface area (TPSA) is 74.6 Å². The highest BCUT2D eigenvalue weighted by molar-refractivity contribution is 7.91. The van der Waals surface area contributed by atoms with Crippen LogP contribution in [0.3, 0.4) is 0 Å². The third-order valence-electron chi connectivity index (χ3n) is 4.03. The molecular formula is C23H20O4S. The Labute approximate surface area is 165 Å². The molecule has 0 amide bonds. The summed E-state index contributed by atoms with van der Waals surface area (Å²) in [6.45, 7) is 3.07. The fraction of sp³-hybridized carbons (Fsp3) is 0.130. The van der Waals surface area contributed by atoms with Crippen molar-refractivity contribution in [2.75, 3.05) is 0 Å². The van der Waals surface area contributed by atoms with E-state index in [1.807, 2.05) is 0 Å². The lowest BCUT2D eigenvalue weighted by Crippen LogP contribution is -2.14. The van der Waals surface area contributed by atoms with Gasteiger partial charge in [-0.05, 0) is 61.4 Å². The molecule has 2 N–H and O–H groups in total. The number of phenols is 1. The molecule has 3 rings (SSSR count). The average Bonchev–Trinajstić information content (AvgIpc) is 2.67. The zero-order chi connectivity index (χ0) is 20.4. The molecule has 0 aromatic heterocycles. The summed E-state index contributed by atoms with van der Waals surface area (Å²) in [5.74, 6) is 5.66. The number of aromatic hydroxyl groups is 1. The van der Waals surface area contributed by atoms with Gasteiger partial charge in [-0.2, -0.15) is 0 Å². The van der Waals surface area contributed by atoms with Crippen molar-refractivity contribution in [1.82, 2.24) is 0 Å². The standard InChI is InChI=1S/C23H20O4S/c1-23(2,25)15-14-19-16-18(17-8-11-20(24)12-9-17)10-13-22(19)28(26,27)21-6-4-3-5-7-21/h3-13,16,24-25H,1-2H3. The highest BCUT2D eigenvalue weighted by Crippen LogP contribution is 2.29. The smallest absolute Gasteiger partial charge is 0.207 e. The third kappa shape index (κ3) is 4.42. The minimum absolute atomic E-state index is 0.0815. The maximum atomic E-state index is 13.1. The lowest BCUT2D eigenvalue weighted by atomic mass is 10.0. The number of phenolic OH excluding ortho intramolecular Hbond substituents is 1. The second-order valence-electron chi connectivity index (χ2n) is 6.88. The van der Waals surface area contributed by atoms with E-state index in [1.54, 1.807) is 54.6 Å². The predicted molar refractivity (Wildman–Crippen MR) is 109 cm³/mol. The van der Waals surface area contributed by atoms with Crippen LogP contribution in [-0.4, -0.2) is 24.2 Å². The van der Waals surface area contributed by atoms with Crippen LogP contribution in [0.25, 0.3) is 11.1 Å². The van der Waals surface area contributed by atoms with E-state index in [2.05, 4.69) is 11.8 Å². The Hall–Kier alpha value is -3.07. The number of aliphatic hydroxyl groups is 1. The summed E-state index contributed by atoms with van der Waals surface area (Å²) < 4.78 is 26.2. The summed E-state index contributed by atoms with van der Waals surface area (Å²) in [7, 11) is -3.77. The van der Waals surface area contributed by atoms with E-state index in [-0.39, 0.29) is 15.5 Å². The molecule has 28 heavy (non-hydrogen) atoms. The number of hydrogen-bond donors (Lipinski definition) is 2. The Morgan fingerprint density at radius 3 is 2.07 bits per heavy atom. The third-order valence-corrected chi connectivity index (χ3v) is 5.85. The Balaban J connectivity index is 2.19. The lowest BCUT2D eigenvalue weighted by Gasteiger charge is -2.11. The zero-order valence-electron chi connectivity index (χ0n) is 15.5. The molecule has 0 saturated carbocycles. The normalized spacial score (nSPS) is 11.5. The Morgan fingerprint density at radius 2 is 1.46 bits per heavy atom. The molecule has 3 aromatic rings. The molecule has 0 aliphatic carbocycles. The Morgan fingerprint density at radius 1 is 0.857 bits per heavy atom. The molecule has 0 aliphatic rings. The van der Waals surface area contributed by atoms with Gasteiger partial charge in [-0.1, -0.05) is 48.2 Å². The van der Waals surface area contributed by atoms with Crippen molar-refractivity contribution < 1.29 is 18.6 Å². The second-order valence-corrected chi connectivity index (χ2v) is 8.80. The van der Waals surface area contributed by atoms with Gasteiger partial charge < -0.3 is 10.2 Å².